The van der Waals surface area contributed by atoms with Gasteiger partial charge in [0.25, 0.3) is 10.9 Å². The van der Waals surface area contributed by atoms with Crippen molar-refractivity contribution in [3.05, 3.63) is 80.5 Å². The number of nitrogens with one attached hydrogen (secondary N) is 2. The number of benzene rings is 1. The van der Waals surface area contributed by atoms with Crippen LogP contribution >= 0.6 is 0 Å². The van der Waals surface area contributed by atoms with Crippen LogP contribution in [0.25, 0.3) is 10.8 Å². The Kier molecular flexibility index (Phi) is 6.77. The monoisotopic (exact) mass is 473 g/mol. The second-order valence-electron chi connectivity index (χ2n) is 8.32. The van der Waals surface area contributed by atoms with Gasteiger partial charge in [-0.2, -0.15) is 0 Å². The Morgan fingerprint density at radius 2 is 1.80 bits per heavy atom. The predicted octanol–water partition coefficient (Wildman–Crippen LogP) is 3.23. The van der Waals surface area contributed by atoms with Gasteiger partial charge in [-0.3, -0.25) is 14.6 Å². The zero-order valence-corrected chi connectivity index (χ0v) is 19.8. The number of rotatable bonds is 10. The van der Waals surface area contributed by atoms with Crippen LogP contribution in [0.2, 0.25) is 0 Å². The van der Waals surface area contributed by atoms with Crippen LogP contribution < -0.4 is 26.4 Å². The minimum Gasteiger partial charge on any atom is -0.480 e. The van der Waals surface area contributed by atoms with Gasteiger partial charge in [0.1, 0.15) is 23.2 Å². The van der Waals surface area contributed by atoms with Crippen LogP contribution in [-0.2, 0) is 11.2 Å². The smallest absolute Gasteiger partial charge is 0.326 e. The Balaban J connectivity index is 1.51. The van der Waals surface area contributed by atoms with Crippen molar-refractivity contribution < 1.29 is 9.90 Å². The van der Waals surface area contributed by atoms with Crippen molar-refractivity contribution >= 4 is 39.6 Å². The molecule has 0 aliphatic rings. The van der Waals surface area contributed by atoms with E-state index in [-0.39, 0.29) is 17.8 Å². The van der Waals surface area contributed by atoms with Gasteiger partial charge in [0.2, 0.25) is 0 Å². The summed E-state index contributed by atoms with van der Waals surface area (Å²) < 4.78 is 0. The minimum atomic E-state index is -1.10. The van der Waals surface area contributed by atoms with Crippen LogP contribution in [0.5, 0.6) is 0 Å². The first-order valence-corrected chi connectivity index (χ1v) is 11.5. The standard InChI is InChI=1S/C26H27N5O4/c1-4-31(5-2)22-21(23(32)24(22)33)30-20(26(34)35)13-16-6-8-18(9-7-16)29-25-19-14-27-11-10-17(19)12-15(3)28-25/h6-12,14,20,30H,4-5,13H2,1-3H3,(H,28,29)(H,34,35)/t20-/m0/s1. The Bertz CT molecular complexity index is 1440. The van der Waals surface area contributed by atoms with E-state index in [4.69, 9.17) is 0 Å². The van der Waals surface area contributed by atoms with Crippen molar-refractivity contribution in [3.63, 3.8) is 0 Å². The number of hydrogen-bond donors (Lipinski definition) is 3. The Labute approximate surface area is 202 Å². The lowest BCUT2D eigenvalue weighted by molar-refractivity contribution is -0.137. The fourth-order valence-corrected chi connectivity index (χ4v) is 4.14. The summed E-state index contributed by atoms with van der Waals surface area (Å²) in [7, 11) is 0. The van der Waals surface area contributed by atoms with Gasteiger partial charge in [-0.25, -0.2) is 9.78 Å². The summed E-state index contributed by atoms with van der Waals surface area (Å²) in [4.78, 5) is 46.7. The van der Waals surface area contributed by atoms with Gasteiger partial charge >= 0.3 is 5.97 Å². The molecule has 2 heterocycles. The molecule has 4 aromatic rings. The first kappa shape index (κ1) is 23.9. The molecule has 0 radical (unpaired) electrons. The van der Waals surface area contributed by atoms with Crippen molar-refractivity contribution in [1.82, 2.24) is 9.97 Å². The van der Waals surface area contributed by atoms with E-state index in [1.54, 1.807) is 17.3 Å². The van der Waals surface area contributed by atoms with Gasteiger partial charge in [0, 0.05) is 48.7 Å². The number of aliphatic carboxylic acids is 1. The SMILES string of the molecule is CCN(CC)c1c(N[C@@H](Cc2ccc(Nc3nc(C)cc4ccncc34)cc2)C(=O)O)c(=O)c1=O. The molecule has 0 unspecified atom stereocenters. The maximum Gasteiger partial charge on any atom is 0.326 e. The van der Waals surface area contributed by atoms with Crippen molar-refractivity contribution in [2.24, 2.45) is 0 Å². The van der Waals surface area contributed by atoms with Crippen LogP contribution in [-0.4, -0.2) is 40.2 Å². The molecule has 9 nitrogen and oxygen atoms in total. The molecule has 0 amide bonds. The highest BCUT2D eigenvalue weighted by molar-refractivity contribution is 5.93. The molecule has 2 aromatic heterocycles. The summed E-state index contributed by atoms with van der Waals surface area (Å²) in [6.45, 7) is 6.77. The number of hydrogen-bond acceptors (Lipinski definition) is 8. The summed E-state index contributed by atoms with van der Waals surface area (Å²) in [6, 6.07) is 10.2. The second-order valence-corrected chi connectivity index (χ2v) is 8.32. The fourth-order valence-electron chi connectivity index (χ4n) is 4.14. The van der Waals surface area contributed by atoms with E-state index in [9.17, 15) is 19.5 Å². The number of pyridine rings is 2. The number of carbonyl (C=O) groups is 1. The first-order chi connectivity index (χ1) is 16.8. The summed E-state index contributed by atoms with van der Waals surface area (Å²) >= 11 is 0. The van der Waals surface area contributed by atoms with E-state index in [1.807, 2.05) is 57.2 Å². The largest absolute Gasteiger partial charge is 0.480 e. The zero-order valence-electron chi connectivity index (χ0n) is 19.8. The van der Waals surface area contributed by atoms with Gasteiger partial charge < -0.3 is 20.6 Å². The maximum absolute atomic E-state index is 12.1. The number of fused-ring (bicyclic) bond motifs is 1. The predicted molar refractivity (Wildman–Crippen MR) is 138 cm³/mol. The summed E-state index contributed by atoms with van der Waals surface area (Å²) in [5, 5.41) is 17.8. The first-order valence-electron chi connectivity index (χ1n) is 11.5. The van der Waals surface area contributed by atoms with E-state index in [1.165, 1.54) is 0 Å². The molecule has 9 heteroatoms. The van der Waals surface area contributed by atoms with Crippen molar-refractivity contribution in [2.45, 2.75) is 33.2 Å². The number of aryl methyl sites for hydroxylation is 1. The number of carboxylic acids is 1. The molecule has 0 aliphatic carbocycles. The van der Waals surface area contributed by atoms with E-state index in [0.29, 0.717) is 18.9 Å². The minimum absolute atomic E-state index is 0.0791. The van der Waals surface area contributed by atoms with Gasteiger partial charge in [0.05, 0.1) is 0 Å². The van der Waals surface area contributed by atoms with E-state index in [2.05, 4.69) is 20.6 Å². The summed E-state index contributed by atoms with van der Waals surface area (Å²) in [5.41, 5.74) is 1.52. The fraction of sp³-hybridized carbons (Fsp3) is 0.269. The van der Waals surface area contributed by atoms with Gasteiger partial charge in [-0.1, -0.05) is 12.1 Å². The van der Waals surface area contributed by atoms with Gasteiger partial charge in [-0.15, -0.1) is 0 Å². The summed E-state index contributed by atoms with van der Waals surface area (Å²) in [5.74, 6) is -0.413. The molecule has 0 bridgehead atoms. The molecule has 4 rings (SSSR count). The lowest BCUT2D eigenvalue weighted by Crippen LogP contribution is -2.45. The molecule has 0 saturated carbocycles. The Morgan fingerprint density at radius 3 is 2.46 bits per heavy atom. The van der Waals surface area contributed by atoms with Crippen LogP contribution in [0.1, 0.15) is 25.1 Å². The van der Waals surface area contributed by atoms with Gasteiger partial charge in [-0.05, 0) is 56.0 Å². The average molecular weight is 474 g/mol. The number of anilines is 4. The molecule has 0 fully saturated rings. The van der Waals surface area contributed by atoms with Crippen molar-refractivity contribution in [3.8, 4) is 0 Å². The van der Waals surface area contributed by atoms with Crippen LogP contribution in [0.15, 0.2) is 58.4 Å². The van der Waals surface area contributed by atoms with E-state index < -0.39 is 22.9 Å². The van der Waals surface area contributed by atoms with Crippen molar-refractivity contribution in [1.29, 1.82) is 0 Å². The van der Waals surface area contributed by atoms with E-state index in [0.717, 1.165) is 27.7 Å². The van der Waals surface area contributed by atoms with Crippen LogP contribution in [0.4, 0.5) is 22.9 Å². The molecule has 3 N–H and O–H groups in total. The van der Waals surface area contributed by atoms with Gasteiger partial charge in [0.15, 0.2) is 0 Å². The average Bonchev–Trinajstić information content (AvgIpc) is 2.86. The topological polar surface area (TPSA) is 125 Å². The van der Waals surface area contributed by atoms with Crippen LogP contribution in [0, 0.1) is 6.92 Å². The zero-order chi connectivity index (χ0) is 25.1. The van der Waals surface area contributed by atoms with E-state index >= 15 is 0 Å². The molecule has 0 aliphatic heterocycles. The number of aromatic nitrogens is 2. The van der Waals surface area contributed by atoms with Crippen molar-refractivity contribution in [2.75, 3.05) is 28.6 Å². The highest BCUT2D eigenvalue weighted by Gasteiger charge is 2.29. The number of nitrogens with zero attached hydrogens (tertiary/aromatic N) is 3. The lowest BCUT2D eigenvalue weighted by atomic mass is 10.0. The molecular formula is C26H27N5O4. The molecule has 0 saturated heterocycles. The Hall–Kier alpha value is -4.27. The Morgan fingerprint density at radius 1 is 1.09 bits per heavy atom. The molecule has 0 spiro atoms. The molecule has 180 valence electrons. The molecule has 1 atom stereocenters. The third-order valence-corrected chi connectivity index (χ3v) is 6.00. The second kappa shape index (κ2) is 9.92. The molecule has 35 heavy (non-hydrogen) atoms. The quantitative estimate of drug-likeness (QED) is 0.298. The lowest BCUT2D eigenvalue weighted by Gasteiger charge is -2.26. The number of carboxylic acid groups (broad SMARTS) is 1. The third-order valence-electron chi connectivity index (χ3n) is 6.00. The molecule has 2 aromatic carbocycles. The highest BCUT2D eigenvalue weighted by atomic mass is 16.4. The molecular weight excluding hydrogens is 446 g/mol. The highest BCUT2D eigenvalue weighted by Crippen LogP contribution is 2.26. The third kappa shape index (κ3) is 4.84. The normalized spacial score (nSPS) is 12.0. The maximum atomic E-state index is 12.1. The van der Waals surface area contributed by atoms with Crippen LogP contribution in [0.3, 0.4) is 0 Å². The summed E-state index contributed by atoms with van der Waals surface area (Å²) in [6.07, 6.45) is 3.64.